The quantitative estimate of drug-likeness (QED) is 0.317. The largest absolute Gasteiger partial charge is 0.493 e. The summed E-state index contributed by atoms with van der Waals surface area (Å²) in [6, 6.07) is 15.6. The molecule has 1 aliphatic rings. The van der Waals surface area contributed by atoms with Crippen molar-refractivity contribution in [2.75, 3.05) is 13.2 Å². The van der Waals surface area contributed by atoms with Crippen LogP contribution in [0.2, 0.25) is 0 Å². The van der Waals surface area contributed by atoms with Crippen molar-refractivity contribution in [1.29, 1.82) is 0 Å². The standard InChI is InChI=1S/C25H26N8O2S2/c36-24-30-28-22-12-7-13-23-29-31-25(37)33(23)27-17-19-9-2-4-11-21(19)35-15-6-5-14-34-20-10-3-1-8-18(20)16-26-32(22)24/h1-4,8-11,16-17H,5-7,12-15H2,(H,30,36)(H,31,37)/b26-16-,27-17-. The lowest BCUT2D eigenvalue weighted by Gasteiger charge is -2.11. The Labute approximate surface area is 223 Å². The fourth-order valence-electron chi connectivity index (χ4n) is 3.86. The number of fused-ring (bicyclic) bond motifs is 4. The number of hydrogen-bond donors (Lipinski definition) is 2. The summed E-state index contributed by atoms with van der Waals surface area (Å²) in [6.45, 7) is 1.13. The van der Waals surface area contributed by atoms with E-state index in [0.717, 1.165) is 53.5 Å². The normalized spacial score (nSPS) is 16.4. The van der Waals surface area contributed by atoms with Crippen LogP contribution in [0.15, 0.2) is 58.7 Å². The first-order valence-corrected chi connectivity index (χ1v) is 12.9. The molecule has 4 aromatic rings. The van der Waals surface area contributed by atoms with Gasteiger partial charge in [0, 0.05) is 24.0 Å². The summed E-state index contributed by atoms with van der Waals surface area (Å²) in [4.78, 5) is 0. The second-order valence-electron chi connectivity index (χ2n) is 8.34. The summed E-state index contributed by atoms with van der Waals surface area (Å²) < 4.78 is 16.2. The van der Waals surface area contributed by atoms with Crippen LogP contribution in [0.4, 0.5) is 0 Å². The van der Waals surface area contributed by atoms with Gasteiger partial charge >= 0.3 is 0 Å². The smallest absolute Gasteiger partial charge is 0.216 e. The first kappa shape index (κ1) is 24.8. The molecule has 37 heavy (non-hydrogen) atoms. The Morgan fingerprint density at radius 3 is 1.59 bits per heavy atom. The first-order chi connectivity index (χ1) is 18.2. The molecule has 3 heterocycles. The Kier molecular flexibility index (Phi) is 7.96. The third-order valence-corrected chi connectivity index (χ3v) is 6.28. The molecule has 0 fully saturated rings. The molecule has 2 aromatic carbocycles. The zero-order chi connectivity index (χ0) is 25.5. The minimum atomic E-state index is 0.425. The molecule has 1 aliphatic heterocycles. The van der Waals surface area contributed by atoms with Crippen molar-refractivity contribution in [3.63, 3.8) is 0 Å². The fourth-order valence-corrected chi connectivity index (χ4v) is 4.26. The van der Waals surface area contributed by atoms with Crippen molar-refractivity contribution in [1.82, 2.24) is 29.7 Å². The van der Waals surface area contributed by atoms with Gasteiger partial charge in [0.25, 0.3) is 0 Å². The van der Waals surface area contributed by atoms with Crippen LogP contribution >= 0.6 is 24.4 Å². The number of aromatic amines is 2. The number of hydrogen-bond acceptors (Lipinski definition) is 8. The molecule has 0 radical (unpaired) electrons. The number of aryl methyl sites for hydroxylation is 2. The second-order valence-corrected chi connectivity index (χ2v) is 9.11. The van der Waals surface area contributed by atoms with E-state index in [9.17, 15) is 0 Å². The summed E-state index contributed by atoms with van der Waals surface area (Å²) in [5, 5.41) is 23.6. The Bertz CT molecular complexity index is 1420. The molecule has 10 nitrogen and oxygen atoms in total. The number of benzene rings is 2. The van der Waals surface area contributed by atoms with Gasteiger partial charge < -0.3 is 9.47 Å². The Balaban J connectivity index is 1.44. The third kappa shape index (κ3) is 6.09. The van der Waals surface area contributed by atoms with Crippen LogP contribution in [0.3, 0.4) is 0 Å². The number of aromatic nitrogens is 6. The van der Waals surface area contributed by atoms with E-state index in [1.54, 1.807) is 21.8 Å². The van der Waals surface area contributed by atoms with Crippen molar-refractivity contribution >= 4 is 36.9 Å². The van der Waals surface area contributed by atoms with Gasteiger partial charge in [-0.15, -0.1) is 0 Å². The maximum atomic E-state index is 6.04. The molecule has 0 unspecified atom stereocenters. The Hall–Kier alpha value is -3.90. The average Bonchev–Trinajstić information content (AvgIpc) is 3.45. The van der Waals surface area contributed by atoms with E-state index >= 15 is 0 Å². The van der Waals surface area contributed by atoms with E-state index in [4.69, 9.17) is 33.9 Å². The number of H-pyrrole nitrogens is 2. The highest BCUT2D eigenvalue weighted by Crippen LogP contribution is 2.19. The van der Waals surface area contributed by atoms with Gasteiger partial charge in [-0.05, 0) is 68.0 Å². The van der Waals surface area contributed by atoms with Crippen molar-refractivity contribution in [3.05, 3.63) is 80.8 Å². The summed E-state index contributed by atoms with van der Waals surface area (Å²) in [6.07, 6.45) is 7.16. The highest BCUT2D eigenvalue weighted by molar-refractivity contribution is 7.71. The Morgan fingerprint density at radius 1 is 0.649 bits per heavy atom. The van der Waals surface area contributed by atoms with Crippen LogP contribution in [0.25, 0.3) is 0 Å². The van der Waals surface area contributed by atoms with Gasteiger partial charge in [-0.2, -0.15) is 29.8 Å². The van der Waals surface area contributed by atoms with E-state index in [2.05, 4.69) is 30.6 Å². The van der Waals surface area contributed by atoms with Crippen molar-refractivity contribution in [2.24, 2.45) is 10.2 Å². The molecule has 0 spiro atoms. The summed E-state index contributed by atoms with van der Waals surface area (Å²) in [7, 11) is 0. The lowest BCUT2D eigenvalue weighted by Crippen LogP contribution is -2.05. The molecular formula is C25H26N8O2S2. The SMILES string of the molecule is S=c1[nH]nc2n1/N=C\c1ccccc1OCCCCOc1ccccc1/C=N\n1c(n[nH]c1=S)CCC2. The maximum absolute atomic E-state index is 6.04. The predicted octanol–water partition coefficient (Wildman–Crippen LogP) is 4.69. The van der Waals surface area contributed by atoms with E-state index in [1.165, 1.54) is 0 Å². The molecule has 0 atom stereocenters. The molecule has 0 aliphatic carbocycles. The summed E-state index contributed by atoms with van der Waals surface area (Å²) in [5.74, 6) is 2.97. The van der Waals surface area contributed by atoms with Crippen molar-refractivity contribution in [2.45, 2.75) is 32.1 Å². The molecule has 12 heteroatoms. The fraction of sp³-hybridized carbons (Fsp3) is 0.280. The van der Waals surface area contributed by atoms with Crippen LogP contribution in [-0.4, -0.2) is 55.4 Å². The number of ether oxygens (including phenoxy) is 2. The number of rotatable bonds is 0. The molecule has 5 rings (SSSR count). The minimum Gasteiger partial charge on any atom is -0.493 e. The van der Waals surface area contributed by atoms with E-state index in [1.807, 2.05) is 48.5 Å². The maximum Gasteiger partial charge on any atom is 0.216 e. The number of nitrogens with zero attached hydrogens (tertiary/aromatic N) is 6. The number of para-hydroxylation sites is 2. The van der Waals surface area contributed by atoms with Gasteiger partial charge in [-0.25, -0.2) is 0 Å². The van der Waals surface area contributed by atoms with E-state index in [-0.39, 0.29) is 0 Å². The first-order valence-electron chi connectivity index (χ1n) is 12.0. The summed E-state index contributed by atoms with van der Waals surface area (Å²) in [5.41, 5.74) is 1.72. The molecule has 0 saturated carbocycles. The highest BCUT2D eigenvalue weighted by Gasteiger charge is 2.10. The van der Waals surface area contributed by atoms with Gasteiger partial charge in [-0.1, -0.05) is 24.3 Å². The summed E-state index contributed by atoms with van der Waals surface area (Å²) >= 11 is 10.8. The van der Waals surface area contributed by atoms with Gasteiger partial charge in [-0.3, -0.25) is 10.2 Å². The van der Waals surface area contributed by atoms with E-state index < -0.39 is 0 Å². The van der Waals surface area contributed by atoms with E-state index in [0.29, 0.717) is 35.6 Å². The lowest BCUT2D eigenvalue weighted by atomic mass is 10.2. The van der Waals surface area contributed by atoms with Crippen LogP contribution in [0, 0.1) is 9.54 Å². The second kappa shape index (κ2) is 11.9. The zero-order valence-corrected chi connectivity index (χ0v) is 21.7. The van der Waals surface area contributed by atoms with Crippen LogP contribution in [0.1, 0.15) is 42.0 Å². The van der Waals surface area contributed by atoms with Gasteiger partial charge in [0.1, 0.15) is 11.5 Å². The molecule has 0 amide bonds. The average molecular weight is 535 g/mol. The molecule has 2 N–H and O–H groups in total. The van der Waals surface area contributed by atoms with Crippen LogP contribution in [-0.2, 0) is 12.8 Å². The lowest BCUT2D eigenvalue weighted by molar-refractivity contribution is 0.266. The minimum absolute atomic E-state index is 0.425. The van der Waals surface area contributed by atoms with Gasteiger partial charge in [0.05, 0.1) is 25.6 Å². The predicted molar refractivity (Wildman–Crippen MR) is 146 cm³/mol. The monoisotopic (exact) mass is 534 g/mol. The third-order valence-electron chi connectivity index (χ3n) is 5.75. The molecule has 190 valence electrons. The molecule has 2 aromatic heterocycles. The highest BCUT2D eigenvalue weighted by atomic mass is 32.1. The zero-order valence-electron chi connectivity index (χ0n) is 20.0. The molecule has 0 saturated heterocycles. The van der Waals surface area contributed by atoms with Gasteiger partial charge in [0.15, 0.2) is 11.6 Å². The number of nitrogens with one attached hydrogen (secondary N) is 2. The topological polar surface area (TPSA) is 110 Å². The van der Waals surface area contributed by atoms with Crippen molar-refractivity contribution < 1.29 is 9.47 Å². The Morgan fingerprint density at radius 2 is 1.11 bits per heavy atom. The molecular weight excluding hydrogens is 508 g/mol. The van der Waals surface area contributed by atoms with Crippen molar-refractivity contribution in [3.8, 4) is 11.5 Å². The molecule has 0 bridgehead atoms. The van der Waals surface area contributed by atoms with Crippen LogP contribution in [0.5, 0.6) is 11.5 Å². The van der Waals surface area contributed by atoms with Crippen LogP contribution < -0.4 is 9.47 Å². The van der Waals surface area contributed by atoms with Gasteiger partial charge in [0.2, 0.25) is 9.54 Å².